The Hall–Kier alpha value is -1.61. The van der Waals surface area contributed by atoms with E-state index in [1.807, 2.05) is 6.92 Å². The average molecular weight is 236 g/mol. The lowest BCUT2D eigenvalue weighted by Crippen LogP contribution is -2.30. The second-order valence-electron chi connectivity index (χ2n) is 3.84. The lowest BCUT2D eigenvalue weighted by Gasteiger charge is -2.15. The SMILES string of the molecule is C=C(C)CN1C(=O)C(=O)c2cc(Cl)ccc21. The largest absolute Gasteiger partial charge is 0.301 e. The van der Waals surface area contributed by atoms with E-state index in [0.29, 0.717) is 22.8 Å². The Morgan fingerprint density at radius 1 is 1.44 bits per heavy atom. The van der Waals surface area contributed by atoms with Crippen molar-refractivity contribution in [3.63, 3.8) is 0 Å². The number of carbonyl (C=O) groups excluding carboxylic acids is 2. The number of fused-ring (bicyclic) bond motifs is 1. The number of nitrogens with zero attached hydrogens (tertiary/aromatic N) is 1. The summed E-state index contributed by atoms with van der Waals surface area (Å²) in [5, 5.41) is 0.456. The van der Waals surface area contributed by atoms with Gasteiger partial charge in [0.25, 0.3) is 11.7 Å². The zero-order chi connectivity index (χ0) is 11.9. The smallest absolute Gasteiger partial charge is 0.299 e. The van der Waals surface area contributed by atoms with Crippen LogP contribution in [0, 0.1) is 0 Å². The molecule has 3 nitrogen and oxygen atoms in total. The Morgan fingerprint density at radius 2 is 2.12 bits per heavy atom. The van der Waals surface area contributed by atoms with Crippen molar-refractivity contribution in [2.75, 3.05) is 11.4 Å². The third-order valence-corrected chi connectivity index (χ3v) is 2.60. The molecule has 0 bridgehead atoms. The van der Waals surface area contributed by atoms with Crippen LogP contribution < -0.4 is 4.90 Å². The number of halogens is 1. The first-order valence-electron chi connectivity index (χ1n) is 4.81. The summed E-state index contributed by atoms with van der Waals surface area (Å²) in [5.74, 6) is -1.01. The summed E-state index contributed by atoms with van der Waals surface area (Å²) in [6, 6.07) is 4.87. The minimum absolute atomic E-state index is 0.360. The zero-order valence-electron chi connectivity index (χ0n) is 8.79. The summed E-state index contributed by atoms with van der Waals surface area (Å²) in [6.45, 7) is 5.91. The van der Waals surface area contributed by atoms with Crippen molar-refractivity contribution in [3.05, 3.63) is 40.9 Å². The summed E-state index contributed by atoms with van der Waals surface area (Å²) in [6.07, 6.45) is 0. The summed E-state index contributed by atoms with van der Waals surface area (Å²) < 4.78 is 0. The Bertz CT molecular complexity index is 508. The third-order valence-electron chi connectivity index (χ3n) is 2.36. The lowest BCUT2D eigenvalue weighted by atomic mass is 10.1. The number of anilines is 1. The number of benzene rings is 1. The molecule has 1 aromatic carbocycles. The molecule has 1 aliphatic heterocycles. The monoisotopic (exact) mass is 235 g/mol. The third kappa shape index (κ3) is 1.63. The van der Waals surface area contributed by atoms with Gasteiger partial charge in [-0.3, -0.25) is 9.59 Å². The van der Waals surface area contributed by atoms with Crippen molar-refractivity contribution in [3.8, 4) is 0 Å². The predicted molar refractivity (Wildman–Crippen MR) is 62.9 cm³/mol. The van der Waals surface area contributed by atoms with Gasteiger partial charge in [0.05, 0.1) is 11.3 Å². The van der Waals surface area contributed by atoms with Crippen LogP contribution in [0.4, 0.5) is 5.69 Å². The van der Waals surface area contributed by atoms with Gasteiger partial charge in [-0.05, 0) is 25.1 Å². The number of rotatable bonds is 2. The number of Topliss-reactive ketones (excluding diaryl/α,β-unsaturated/α-hetero) is 1. The number of carbonyl (C=O) groups is 2. The molecule has 0 fully saturated rings. The van der Waals surface area contributed by atoms with E-state index >= 15 is 0 Å². The molecule has 1 heterocycles. The molecule has 0 saturated heterocycles. The van der Waals surface area contributed by atoms with E-state index in [0.717, 1.165) is 5.57 Å². The highest BCUT2D eigenvalue weighted by atomic mass is 35.5. The van der Waals surface area contributed by atoms with Gasteiger partial charge >= 0.3 is 0 Å². The molecule has 1 aliphatic rings. The molecule has 1 amide bonds. The highest BCUT2D eigenvalue weighted by molar-refractivity contribution is 6.52. The maximum Gasteiger partial charge on any atom is 0.299 e. The van der Waals surface area contributed by atoms with Crippen LogP contribution in [0.15, 0.2) is 30.4 Å². The van der Waals surface area contributed by atoms with Gasteiger partial charge in [0.15, 0.2) is 0 Å². The number of amides is 1. The van der Waals surface area contributed by atoms with Crippen molar-refractivity contribution in [2.45, 2.75) is 6.92 Å². The fourth-order valence-corrected chi connectivity index (χ4v) is 1.87. The molecule has 82 valence electrons. The van der Waals surface area contributed by atoms with Crippen molar-refractivity contribution < 1.29 is 9.59 Å². The molecule has 16 heavy (non-hydrogen) atoms. The summed E-state index contributed by atoms with van der Waals surface area (Å²) >= 11 is 5.79. The Morgan fingerprint density at radius 3 is 2.75 bits per heavy atom. The molecule has 0 radical (unpaired) electrons. The van der Waals surface area contributed by atoms with Gasteiger partial charge in [0.1, 0.15) is 0 Å². The lowest BCUT2D eigenvalue weighted by molar-refractivity contribution is -0.114. The minimum Gasteiger partial charge on any atom is -0.301 e. The fourth-order valence-electron chi connectivity index (χ4n) is 1.70. The quantitative estimate of drug-likeness (QED) is 0.583. The van der Waals surface area contributed by atoms with Crippen molar-refractivity contribution in [1.82, 2.24) is 0 Å². The normalized spacial score (nSPS) is 14.2. The molecule has 4 heteroatoms. The first-order valence-corrected chi connectivity index (χ1v) is 5.18. The Balaban J connectivity index is 2.50. The maximum atomic E-state index is 11.7. The van der Waals surface area contributed by atoms with Gasteiger partial charge in [-0.2, -0.15) is 0 Å². The highest BCUT2D eigenvalue weighted by Crippen LogP contribution is 2.31. The highest BCUT2D eigenvalue weighted by Gasteiger charge is 2.35. The van der Waals surface area contributed by atoms with E-state index in [4.69, 9.17) is 11.6 Å². The van der Waals surface area contributed by atoms with Crippen LogP contribution in [0.5, 0.6) is 0 Å². The average Bonchev–Trinajstić information content (AvgIpc) is 2.43. The molecule has 0 N–H and O–H groups in total. The molecular weight excluding hydrogens is 226 g/mol. The van der Waals surface area contributed by atoms with Crippen LogP contribution in [-0.4, -0.2) is 18.2 Å². The van der Waals surface area contributed by atoms with Gasteiger partial charge in [0, 0.05) is 11.6 Å². The van der Waals surface area contributed by atoms with E-state index in [1.165, 1.54) is 11.0 Å². The molecular formula is C12H10ClNO2. The van der Waals surface area contributed by atoms with Crippen molar-refractivity contribution >= 4 is 29.0 Å². The standard InChI is InChI=1S/C12H10ClNO2/c1-7(2)6-14-10-4-3-8(13)5-9(10)11(15)12(14)16/h3-5H,1,6H2,2H3. The predicted octanol–water partition coefficient (Wildman–Crippen LogP) is 2.45. The summed E-state index contributed by atoms with van der Waals surface area (Å²) in [7, 11) is 0. The molecule has 1 aromatic rings. The number of hydrogen-bond acceptors (Lipinski definition) is 2. The second-order valence-corrected chi connectivity index (χ2v) is 4.28. The topological polar surface area (TPSA) is 37.4 Å². The van der Waals surface area contributed by atoms with Crippen LogP contribution in [0.25, 0.3) is 0 Å². The van der Waals surface area contributed by atoms with E-state index in [2.05, 4.69) is 6.58 Å². The molecule has 0 atom stereocenters. The fraction of sp³-hybridized carbons (Fsp3) is 0.167. The van der Waals surface area contributed by atoms with Crippen LogP contribution in [0.2, 0.25) is 5.02 Å². The molecule has 0 aromatic heterocycles. The van der Waals surface area contributed by atoms with E-state index in [-0.39, 0.29) is 0 Å². The molecule has 2 rings (SSSR count). The zero-order valence-corrected chi connectivity index (χ0v) is 9.54. The molecule has 0 aliphatic carbocycles. The van der Waals surface area contributed by atoms with Crippen LogP contribution in [0.3, 0.4) is 0 Å². The van der Waals surface area contributed by atoms with Crippen LogP contribution >= 0.6 is 11.6 Å². The van der Waals surface area contributed by atoms with E-state index in [1.54, 1.807) is 12.1 Å². The maximum absolute atomic E-state index is 11.7. The van der Waals surface area contributed by atoms with Crippen molar-refractivity contribution in [2.24, 2.45) is 0 Å². The van der Waals surface area contributed by atoms with Gasteiger partial charge in [-0.25, -0.2) is 0 Å². The molecule has 0 unspecified atom stereocenters. The first kappa shape index (κ1) is 10.9. The van der Waals surface area contributed by atoms with E-state index in [9.17, 15) is 9.59 Å². The Kier molecular flexibility index (Phi) is 2.56. The first-order chi connectivity index (χ1) is 7.50. The minimum atomic E-state index is -0.514. The second kappa shape index (κ2) is 3.76. The van der Waals surface area contributed by atoms with Crippen LogP contribution in [-0.2, 0) is 4.79 Å². The van der Waals surface area contributed by atoms with Gasteiger partial charge in [0.2, 0.25) is 0 Å². The molecule has 0 saturated carbocycles. The number of hydrogen-bond donors (Lipinski definition) is 0. The van der Waals surface area contributed by atoms with Crippen LogP contribution in [0.1, 0.15) is 17.3 Å². The van der Waals surface area contributed by atoms with Gasteiger partial charge < -0.3 is 4.90 Å². The Labute approximate surface area is 98.3 Å². The van der Waals surface area contributed by atoms with Gasteiger partial charge in [-0.1, -0.05) is 23.8 Å². The number of ketones is 1. The summed E-state index contributed by atoms with van der Waals surface area (Å²) in [4.78, 5) is 24.8. The van der Waals surface area contributed by atoms with Gasteiger partial charge in [-0.15, -0.1) is 0 Å². The van der Waals surface area contributed by atoms with Crippen molar-refractivity contribution in [1.29, 1.82) is 0 Å². The molecule has 0 spiro atoms. The summed E-state index contributed by atoms with van der Waals surface area (Å²) in [5.41, 5.74) is 1.81. The van der Waals surface area contributed by atoms with E-state index < -0.39 is 11.7 Å².